The number of anilines is 1. The Labute approximate surface area is 149 Å². The van der Waals surface area contributed by atoms with Crippen LogP contribution in [0.3, 0.4) is 0 Å². The van der Waals surface area contributed by atoms with Gasteiger partial charge >= 0.3 is 0 Å². The predicted octanol–water partition coefficient (Wildman–Crippen LogP) is 4.80. The monoisotopic (exact) mass is 333 g/mol. The van der Waals surface area contributed by atoms with Crippen molar-refractivity contribution in [1.82, 2.24) is 0 Å². The van der Waals surface area contributed by atoms with Crippen LogP contribution in [0, 0.1) is 0 Å². The largest absolute Gasteiger partial charge is 0.493 e. The molecule has 0 aliphatic rings. The molecule has 3 aromatic rings. The van der Waals surface area contributed by atoms with E-state index in [1.165, 1.54) is 5.56 Å². The van der Waals surface area contributed by atoms with E-state index < -0.39 is 0 Å². The Bertz CT molecular complexity index is 744. The smallest absolute Gasteiger partial charge is 0.121 e. The second-order valence-electron chi connectivity index (χ2n) is 5.70. The quantitative estimate of drug-likeness (QED) is 0.571. The van der Waals surface area contributed by atoms with Crippen LogP contribution >= 0.6 is 0 Å². The molecule has 0 aliphatic carbocycles. The molecule has 0 saturated carbocycles. The highest BCUT2D eigenvalue weighted by atomic mass is 16.5. The maximum atomic E-state index is 5.85. The van der Waals surface area contributed by atoms with E-state index >= 15 is 0 Å². The van der Waals surface area contributed by atoms with E-state index in [0.29, 0.717) is 13.2 Å². The fourth-order valence-electron chi connectivity index (χ4n) is 2.51. The SMILES string of the molecule is c1ccc(CCOc2cccc(NCCOc3ccccc3)c2)cc1. The van der Waals surface area contributed by atoms with Crippen molar-refractivity contribution in [2.75, 3.05) is 25.1 Å². The van der Waals surface area contributed by atoms with Gasteiger partial charge in [-0.25, -0.2) is 0 Å². The summed E-state index contributed by atoms with van der Waals surface area (Å²) in [6.45, 7) is 2.02. The zero-order chi connectivity index (χ0) is 17.2. The molecule has 1 N–H and O–H groups in total. The predicted molar refractivity (Wildman–Crippen MR) is 103 cm³/mol. The second-order valence-corrected chi connectivity index (χ2v) is 5.70. The van der Waals surface area contributed by atoms with Crippen molar-refractivity contribution in [2.24, 2.45) is 0 Å². The number of hydrogen-bond donors (Lipinski definition) is 1. The van der Waals surface area contributed by atoms with Crippen LogP contribution in [-0.2, 0) is 6.42 Å². The van der Waals surface area contributed by atoms with Crippen molar-refractivity contribution >= 4 is 5.69 Å². The van der Waals surface area contributed by atoms with E-state index in [4.69, 9.17) is 9.47 Å². The number of hydrogen-bond acceptors (Lipinski definition) is 3. The Balaban J connectivity index is 1.40. The summed E-state index contributed by atoms with van der Waals surface area (Å²) in [7, 11) is 0. The standard InChI is InChI=1S/C22H23NO2/c1-3-8-19(9-4-1)14-16-24-22-13-7-10-20(18-22)23-15-17-25-21-11-5-2-6-12-21/h1-13,18,23H,14-17H2. The van der Waals surface area contributed by atoms with Gasteiger partial charge in [-0.2, -0.15) is 0 Å². The molecular formula is C22H23NO2. The molecule has 128 valence electrons. The topological polar surface area (TPSA) is 30.5 Å². The third-order valence-corrected chi connectivity index (χ3v) is 3.78. The molecule has 0 bridgehead atoms. The number of benzene rings is 3. The van der Waals surface area contributed by atoms with E-state index in [-0.39, 0.29) is 0 Å². The minimum atomic E-state index is 0.614. The lowest BCUT2D eigenvalue weighted by Gasteiger charge is -2.11. The summed E-state index contributed by atoms with van der Waals surface area (Å²) < 4.78 is 11.5. The molecule has 0 spiro atoms. The summed E-state index contributed by atoms with van der Waals surface area (Å²) in [5.74, 6) is 1.77. The van der Waals surface area contributed by atoms with Crippen LogP contribution < -0.4 is 14.8 Å². The highest BCUT2D eigenvalue weighted by Gasteiger charge is 1.98. The highest BCUT2D eigenvalue weighted by molar-refractivity contribution is 5.48. The number of nitrogens with one attached hydrogen (secondary N) is 1. The normalized spacial score (nSPS) is 10.2. The summed E-state index contributed by atoms with van der Waals surface area (Å²) in [6, 6.07) is 28.3. The van der Waals surface area contributed by atoms with Gasteiger partial charge in [0, 0.05) is 24.7 Å². The van der Waals surface area contributed by atoms with Gasteiger partial charge in [0.05, 0.1) is 6.61 Å². The fraction of sp³-hybridized carbons (Fsp3) is 0.182. The van der Waals surface area contributed by atoms with Crippen molar-refractivity contribution < 1.29 is 9.47 Å². The summed E-state index contributed by atoms with van der Waals surface area (Å²) in [6.07, 6.45) is 0.906. The zero-order valence-corrected chi connectivity index (χ0v) is 14.2. The van der Waals surface area contributed by atoms with Gasteiger partial charge in [0.15, 0.2) is 0 Å². The summed E-state index contributed by atoms with van der Waals surface area (Å²) in [5, 5.41) is 3.36. The van der Waals surface area contributed by atoms with E-state index in [1.807, 2.05) is 60.7 Å². The van der Waals surface area contributed by atoms with Crippen molar-refractivity contribution in [1.29, 1.82) is 0 Å². The van der Waals surface area contributed by atoms with Gasteiger partial charge in [0.2, 0.25) is 0 Å². The summed E-state index contributed by atoms with van der Waals surface area (Å²) in [4.78, 5) is 0. The Hall–Kier alpha value is -2.94. The van der Waals surface area contributed by atoms with Crippen LogP contribution in [0.5, 0.6) is 11.5 Å². The molecule has 0 aromatic heterocycles. The van der Waals surface area contributed by atoms with Crippen LogP contribution in [0.15, 0.2) is 84.9 Å². The molecule has 3 aromatic carbocycles. The van der Waals surface area contributed by atoms with Crippen LogP contribution in [0.4, 0.5) is 5.69 Å². The fourth-order valence-corrected chi connectivity index (χ4v) is 2.51. The lowest BCUT2D eigenvalue weighted by Crippen LogP contribution is -2.11. The maximum absolute atomic E-state index is 5.85. The van der Waals surface area contributed by atoms with E-state index in [2.05, 4.69) is 29.6 Å². The van der Waals surface area contributed by atoms with E-state index in [9.17, 15) is 0 Å². The molecule has 0 heterocycles. The molecule has 0 aliphatic heterocycles. The third kappa shape index (κ3) is 5.88. The van der Waals surface area contributed by atoms with Crippen molar-refractivity contribution in [3.63, 3.8) is 0 Å². The van der Waals surface area contributed by atoms with Gasteiger partial charge in [-0.15, -0.1) is 0 Å². The van der Waals surface area contributed by atoms with Gasteiger partial charge in [-0.3, -0.25) is 0 Å². The molecule has 0 atom stereocenters. The van der Waals surface area contributed by atoms with Gasteiger partial charge in [-0.1, -0.05) is 54.6 Å². The van der Waals surface area contributed by atoms with Crippen LogP contribution in [0.1, 0.15) is 5.56 Å². The summed E-state index contributed by atoms with van der Waals surface area (Å²) in [5.41, 5.74) is 2.32. The van der Waals surface area contributed by atoms with Crippen molar-refractivity contribution in [2.45, 2.75) is 6.42 Å². The van der Waals surface area contributed by atoms with Crippen molar-refractivity contribution in [3.05, 3.63) is 90.5 Å². The van der Waals surface area contributed by atoms with Gasteiger partial charge < -0.3 is 14.8 Å². The first-order chi connectivity index (χ1) is 12.4. The molecule has 0 unspecified atom stereocenters. The number of rotatable bonds is 9. The number of ether oxygens (including phenoxy) is 2. The average molecular weight is 333 g/mol. The van der Waals surface area contributed by atoms with Gasteiger partial charge in [-0.05, 0) is 29.8 Å². The Morgan fingerprint density at radius 1 is 0.640 bits per heavy atom. The summed E-state index contributed by atoms with van der Waals surface area (Å²) >= 11 is 0. The van der Waals surface area contributed by atoms with Crippen LogP contribution in [0.25, 0.3) is 0 Å². The van der Waals surface area contributed by atoms with Crippen LogP contribution in [-0.4, -0.2) is 19.8 Å². The Morgan fingerprint density at radius 3 is 2.12 bits per heavy atom. The lowest BCUT2D eigenvalue weighted by atomic mass is 10.2. The van der Waals surface area contributed by atoms with Gasteiger partial charge in [0.25, 0.3) is 0 Å². The molecule has 0 fully saturated rings. The molecule has 25 heavy (non-hydrogen) atoms. The molecule has 3 rings (SSSR count). The van der Waals surface area contributed by atoms with Crippen molar-refractivity contribution in [3.8, 4) is 11.5 Å². The van der Waals surface area contributed by atoms with Gasteiger partial charge in [0.1, 0.15) is 18.1 Å². The molecular weight excluding hydrogens is 310 g/mol. The van der Waals surface area contributed by atoms with E-state index in [1.54, 1.807) is 0 Å². The zero-order valence-electron chi connectivity index (χ0n) is 14.2. The first kappa shape index (κ1) is 16.9. The molecule has 0 radical (unpaired) electrons. The Kier molecular flexibility index (Phi) is 6.34. The first-order valence-electron chi connectivity index (χ1n) is 8.59. The van der Waals surface area contributed by atoms with Crippen LogP contribution in [0.2, 0.25) is 0 Å². The molecule has 3 heteroatoms. The average Bonchev–Trinajstić information content (AvgIpc) is 2.67. The first-order valence-corrected chi connectivity index (χ1v) is 8.59. The maximum Gasteiger partial charge on any atom is 0.121 e. The third-order valence-electron chi connectivity index (χ3n) is 3.78. The Morgan fingerprint density at radius 2 is 1.32 bits per heavy atom. The van der Waals surface area contributed by atoms with E-state index in [0.717, 1.165) is 30.2 Å². The lowest BCUT2D eigenvalue weighted by molar-refractivity contribution is 0.322. The molecule has 0 saturated heterocycles. The minimum Gasteiger partial charge on any atom is -0.493 e. The number of para-hydroxylation sites is 1. The minimum absolute atomic E-state index is 0.614. The molecule has 3 nitrogen and oxygen atoms in total. The highest BCUT2D eigenvalue weighted by Crippen LogP contribution is 2.17. The second kappa shape index (κ2) is 9.38. The molecule has 0 amide bonds.